The minimum atomic E-state index is 0.563. The first-order chi connectivity index (χ1) is 10.2. The molecule has 21 heavy (non-hydrogen) atoms. The number of nitrogens with zero attached hydrogens (tertiary/aromatic N) is 2. The quantitative estimate of drug-likeness (QED) is 0.832. The Hall–Kier alpha value is -1.10. The summed E-state index contributed by atoms with van der Waals surface area (Å²) in [6.45, 7) is 5.92. The Morgan fingerprint density at radius 2 is 2.10 bits per heavy atom. The topological polar surface area (TPSA) is 41.7 Å². The van der Waals surface area contributed by atoms with Crippen molar-refractivity contribution in [3.05, 3.63) is 29.8 Å². The van der Waals surface area contributed by atoms with Crippen molar-refractivity contribution in [2.24, 2.45) is 11.7 Å². The molecule has 0 aromatic heterocycles. The third kappa shape index (κ3) is 5.65. The summed E-state index contributed by atoms with van der Waals surface area (Å²) in [4.78, 5) is 4.81. The van der Waals surface area contributed by atoms with Gasteiger partial charge in [0.05, 0.1) is 0 Å². The third-order valence-electron chi connectivity index (χ3n) is 4.28. The molecular formula is C17H29N3O. The molecule has 0 spiro atoms. The summed E-state index contributed by atoms with van der Waals surface area (Å²) in [6.07, 6.45) is 2.64. The Kier molecular flexibility index (Phi) is 6.49. The summed E-state index contributed by atoms with van der Waals surface area (Å²) in [7, 11) is 4.40. The third-order valence-corrected chi connectivity index (χ3v) is 4.28. The second-order valence-electron chi connectivity index (χ2n) is 6.21. The number of piperidine rings is 1. The van der Waals surface area contributed by atoms with Crippen LogP contribution in [0.1, 0.15) is 18.4 Å². The molecule has 0 amide bonds. The average molecular weight is 291 g/mol. The smallest absolute Gasteiger partial charge is 0.119 e. The molecule has 1 aromatic rings. The summed E-state index contributed by atoms with van der Waals surface area (Å²) in [5.41, 5.74) is 6.76. The van der Waals surface area contributed by atoms with E-state index < -0.39 is 0 Å². The Labute approximate surface area is 128 Å². The molecular weight excluding hydrogens is 262 g/mol. The van der Waals surface area contributed by atoms with Gasteiger partial charge in [-0.2, -0.15) is 0 Å². The second-order valence-corrected chi connectivity index (χ2v) is 6.21. The van der Waals surface area contributed by atoms with Gasteiger partial charge in [0.25, 0.3) is 0 Å². The van der Waals surface area contributed by atoms with Gasteiger partial charge in [0.15, 0.2) is 0 Å². The SMILES string of the molecule is CN1CCC(CN(C)CCOc2cccc(CN)c2)CC1. The number of hydrogen-bond donors (Lipinski definition) is 1. The first kappa shape index (κ1) is 16.3. The number of benzene rings is 1. The molecule has 1 heterocycles. The lowest BCUT2D eigenvalue weighted by molar-refractivity contribution is 0.162. The van der Waals surface area contributed by atoms with E-state index in [0.717, 1.165) is 30.4 Å². The van der Waals surface area contributed by atoms with Crippen LogP contribution >= 0.6 is 0 Å². The van der Waals surface area contributed by atoms with Gasteiger partial charge in [-0.1, -0.05) is 12.1 Å². The van der Waals surface area contributed by atoms with Crippen LogP contribution in [0.15, 0.2) is 24.3 Å². The van der Waals surface area contributed by atoms with Crippen molar-refractivity contribution < 1.29 is 4.74 Å². The van der Waals surface area contributed by atoms with E-state index in [4.69, 9.17) is 10.5 Å². The van der Waals surface area contributed by atoms with E-state index in [0.29, 0.717) is 6.54 Å². The zero-order valence-electron chi connectivity index (χ0n) is 13.4. The fraction of sp³-hybridized carbons (Fsp3) is 0.647. The molecule has 0 saturated carbocycles. The predicted molar refractivity (Wildman–Crippen MR) is 87.5 cm³/mol. The normalized spacial score (nSPS) is 17.3. The van der Waals surface area contributed by atoms with E-state index in [-0.39, 0.29) is 0 Å². The standard InChI is InChI=1S/C17H29N3O/c1-19-8-6-15(7-9-19)14-20(2)10-11-21-17-5-3-4-16(12-17)13-18/h3-5,12,15H,6-11,13-14,18H2,1-2H3. The molecule has 0 aliphatic carbocycles. The monoisotopic (exact) mass is 291 g/mol. The lowest BCUT2D eigenvalue weighted by atomic mass is 9.97. The fourth-order valence-electron chi connectivity index (χ4n) is 2.86. The first-order valence-corrected chi connectivity index (χ1v) is 7.96. The van der Waals surface area contributed by atoms with Gasteiger partial charge in [0.1, 0.15) is 12.4 Å². The summed E-state index contributed by atoms with van der Waals surface area (Å²) < 4.78 is 5.82. The van der Waals surface area contributed by atoms with Gasteiger partial charge in [-0.25, -0.2) is 0 Å². The molecule has 1 saturated heterocycles. The molecule has 4 heteroatoms. The second kappa shape index (κ2) is 8.37. The highest BCUT2D eigenvalue weighted by Gasteiger charge is 2.17. The minimum absolute atomic E-state index is 0.563. The average Bonchev–Trinajstić information content (AvgIpc) is 2.50. The van der Waals surface area contributed by atoms with Gasteiger partial charge in [-0.05, 0) is 63.6 Å². The van der Waals surface area contributed by atoms with E-state index >= 15 is 0 Å². The van der Waals surface area contributed by atoms with Gasteiger partial charge in [0, 0.05) is 19.6 Å². The van der Waals surface area contributed by atoms with Crippen molar-refractivity contribution in [3.8, 4) is 5.75 Å². The molecule has 4 nitrogen and oxygen atoms in total. The van der Waals surface area contributed by atoms with Crippen molar-refractivity contribution in [2.75, 3.05) is 46.9 Å². The molecule has 1 fully saturated rings. The lowest BCUT2D eigenvalue weighted by Crippen LogP contribution is -2.36. The number of likely N-dealkylation sites (tertiary alicyclic amines) is 1. The Morgan fingerprint density at radius 1 is 1.33 bits per heavy atom. The van der Waals surface area contributed by atoms with Crippen LogP contribution in [0.25, 0.3) is 0 Å². The van der Waals surface area contributed by atoms with Gasteiger partial charge < -0.3 is 20.3 Å². The lowest BCUT2D eigenvalue weighted by Gasteiger charge is -2.31. The first-order valence-electron chi connectivity index (χ1n) is 7.96. The number of ether oxygens (including phenoxy) is 1. The van der Waals surface area contributed by atoms with Crippen LogP contribution in [0.2, 0.25) is 0 Å². The molecule has 2 rings (SSSR count). The van der Waals surface area contributed by atoms with Crippen molar-refractivity contribution in [2.45, 2.75) is 19.4 Å². The number of rotatable bonds is 7. The Morgan fingerprint density at radius 3 is 2.81 bits per heavy atom. The number of likely N-dealkylation sites (N-methyl/N-ethyl adjacent to an activating group) is 1. The molecule has 0 unspecified atom stereocenters. The minimum Gasteiger partial charge on any atom is -0.492 e. The fourth-order valence-corrected chi connectivity index (χ4v) is 2.86. The van der Waals surface area contributed by atoms with Crippen LogP contribution in [-0.4, -0.2) is 56.7 Å². The van der Waals surface area contributed by atoms with Crippen LogP contribution in [0.3, 0.4) is 0 Å². The van der Waals surface area contributed by atoms with E-state index in [2.05, 4.69) is 23.9 Å². The maximum absolute atomic E-state index is 5.82. The van der Waals surface area contributed by atoms with Gasteiger partial charge in [-0.3, -0.25) is 0 Å². The molecule has 2 N–H and O–H groups in total. The molecule has 118 valence electrons. The highest BCUT2D eigenvalue weighted by molar-refractivity contribution is 5.28. The van der Waals surface area contributed by atoms with Crippen molar-refractivity contribution >= 4 is 0 Å². The summed E-state index contributed by atoms with van der Waals surface area (Å²) in [5, 5.41) is 0. The maximum atomic E-state index is 5.82. The molecule has 0 radical (unpaired) electrons. The number of nitrogens with two attached hydrogens (primary N) is 1. The Balaban J connectivity index is 1.65. The van der Waals surface area contributed by atoms with E-state index in [1.807, 2.05) is 24.3 Å². The highest BCUT2D eigenvalue weighted by Crippen LogP contribution is 2.17. The summed E-state index contributed by atoms with van der Waals surface area (Å²) in [5.74, 6) is 1.76. The largest absolute Gasteiger partial charge is 0.492 e. The Bertz CT molecular complexity index is 416. The van der Waals surface area contributed by atoms with Crippen LogP contribution in [0, 0.1) is 5.92 Å². The van der Waals surface area contributed by atoms with Gasteiger partial charge in [-0.15, -0.1) is 0 Å². The molecule has 1 aliphatic rings. The zero-order valence-corrected chi connectivity index (χ0v) is 13.4. The van der Waals surface area contributed by atoms with Crippen molar-refractivity contribution in [3.63, 3.8) is 0 Å². The van der Waals surface area contributed by atoms with Gasteiger partial charge in [0.2, 0.25) is 0 Å². The van der Waals surface area contributed by atoms with Crippen molar-refractivity contribution in [1.29, 1.82) is 0 Å². The summed E-state index contributed by atoms with van der Waals surface area (Å²) >= 11 is 0. The van der Waals surface area contributed by atoms with Crippen LogP contribution in [0.5, 0.6) is 5.75 Å². The van der Waals surface area contributed by atoms with Crippen LogP contribution in [-0.2, 0) is 6.54 Å². The van der Waals surface area contributed by atoms with Gasteiger partial charge >= 0.3 is 0 Å². The van der Waals surface area contributed by atoms with E-state index in [9.17, 15) is 0 Å². The maximum Gasteiger partial charge on any atom is 0.119 e. The zero-order chi connectivity index (χ0) is 15.1. The van der Waals surface area contributed by atoms with E-state index in [1.54, 1.807) is 0 Å². The molecule has 0 atom stereocenters. The predicted octanol–water partition coefficient (Wildman–Crippen LogP) is 1.80. The van der Waals surface area contributed by atoms with E-state index in [1.165, 1.54) is 32.5 Å². The van der Waals surface area contributed by atoms with Crippen LogP contribution < -0.4 is 10.5 Å². The molecule has 1 aromatic carbocycles. The molecule has 1 aliphatic heterocycles. The highest BCUT2D eigenvalue weighted by atomic mass is 16.5. The number of hydrogen-bond acceptors (Lipinski definition) is 4. The molecule has 0 bridgehead atoms. The van der Waals surface area contributed by atoms with Crippen molar-refractivity contribution in [1.82, 2.24) is 9.80 Å². The summed E-state index contributed by atoms with van der Waals surface area (Å²) in [6, 6.07) is 8.05. The van der Waals surface area contributed by atoms with Crippen LogP contribution in [0.4, 0.5) is 0 Å².